The summed E-state index contributed by atoms with van der Waals surface area (Å²) in [6.45, 7) is 8.35. The maximum absolute atomic E-state index is 6.19. The monoisotopic (exact) mass is 238 g/mol. The average molecular weight is 238 g/mol. The van der Waals surface area contributed by atoms with Crippen molar-refractivity contribution >= 4 is 0 Å². The zero-order valence-corrected chi connectivity index (χ0v) is 11.9. The molecule has 1 aliphatic heterocycles. The Kier molecular flexibility index (Phi) is 4.14. The van der Waals surface area contributed by atoms with Crippen LogP contribution in [0.15, 0.2) is 0 Å². The largest absolute Gasteiger partial charge is 0.327 e. The van der Waals surface area contributed by atoms with Gasteiger partial charge < -0.3 is 5.73 Å². The van der Waals surface area contributed by atoms with Crippen molar-refractivity contribution in [3.05, 3.63) is 0 Å². The minimum absolute atomic E-state index is 0.334. The second kappa shape index (κ2) is 5.27. The van der Waals surface area contributed by atoms with Crippen LogP contribution in [0.1, 0.15) is 65.7 Å². The van der Waals surface area contributed by atoms with Crippen molar-refractivity contribution in [2.24, 2.45) is 11.1 Å². The van der Waals surface area contributed by atoms with Gasteiger partial charge in [0.1, 0.15) is 0 Å². The van der Waals surface area contributed by atoms with E-state index in [2.05, 4.69) is 25.7 Å². The number of piperidine rings is 1. The molecule has 1 saturated heterocycles. The van der Waals surface area contributed by atoms with Crippen LogP contribution < -0.4 is 5.73 Å². The highest BCUT2D eigenvalue weighted by atomic mass is 15.2. The van der Waals surface area contributed by atoms with Gasteiger partial charge in [-0.15, -0.1) is 0 Å². The molecular weight excluding hydrogens is 208 g/mol. The second-order valence-electron chi connectivity index (χ2n) is 7.07. The fourth-order valence-electron chi connectivity index (χ4n) is 3.94. The summed E-state index contributed by atoms with van der Waals surface area (Å²) in [7, 11) is 0. The van der Waals surface area contributed by atoms with Crippen LogP contribution >= 0.6 is 0 Å². The van der Waals surface area contributed by atoms with Crippen LogP contribution in [0.25, 0.3) is 0 Å². The molecule has 1 heterocycles. The molecule has 0 aromatic carbocycles. The van der Waals surface area contributed by atoms with Gasteiger partial charge in [-0.2, -0.15) is 0 Å². The Balaban J connectivity index is 2.03. The van der Waals surface area contributed by atoms with Gasteiger partial charge in [0, 0.05) is 18.1 Å². The highest BCUT2D eigenvalue weighted by molar-refractivity contribution is 4.92. The molecule has 0 aromatic rings. The van der Waals surface area contributed by atoms with Gasteiger partial charge in [-0.1, -0.05) is 26.7 Å². The first kappa shape index (κ1) is 13.4. The van der Waals surface area contributed by atoms with E-state index in [1.165, 1.54) is 51.5 Å². The van der Waals surface area contributed by atoms with Gasteiger partial charge in [0.15, 0.2) is 0 Å². The summed E-state index contributed by atoms with van der Waals surface area (Å²) in [4.78, 5) is 2.76. The fraction of sp³-hybridized carbons (Fsp3) is 1.00. The van der Waals surface area contributed by atoms with Gasteiger partial charge in [0.2, 0.25) is 0 Å². The van der Waals surface area contributed by atoms with E-state index < -0.39 is 0 Å². The van der Waals surface area contributed by atoms with Crippen molar-refractivity contribution in [2.75, 3.05) is 6.54 Å². The van der Waals surface area contributed by atoms with Crippen molar-refractivity contribution in [1.29, 1.82) is 0 Å². The molecular formula is C15H30N2. The standard InChI is InChI=1S/C15H30N2/c1-12(16)14-8-4-5-10-17(14)13-7-6-9-15(2,3)11-13/h12-14H,4-11,16H2,1-3H3. The summed E-state index contributed by atoms with van der Waals surface area (Å²) < 4.78 is 0. The van der Waals surface area contributed by atoms with Crippen molar-refractivity contribution in [2.45, 2.75) is 83.8 Å². The van der Waals surface area contributed by atoms with Gasteiger partial charge in [-0.3, -0.25) is 4.90 Å². The maximum atomic E-state index is 6.19. The van der Waals surface area contributed by atoms with Crippen molar-refractivity contribution < 1.29 is 0 Å². The lowest BCUT2D eigenvalue weighted by molar-refractivity contribution is 0.0308. The summed E-state index contributed by atoms with van der Waals surface area (Å²) in [5.41, 5.74) is 6.73. The minimum atomic E-state index is 0.334. The molecule has 1 aliphatic carbocycles. The predicted molar refractivity (Wildman–Crippen MR) is 74.0 cm³/mol. The molecule has 2 rings (SSSR count). The van der Waals surface area contributed by atoms with Gasteiger partial charge in [0.05, 0.1) is 0 Å². The van der Waals surface area contributed by atoms with E-state index in [0.29, 0.717) is 17.5 Å². The Morgan fingerprint density at radius 3 is 2.59 bits per heavy atom. The zero-order valence-electron chi connectivity index (χ0n) is 11.9. The van der Waals surface area contributed by atoms with Crippen LogP contribution in [0.4, 0.5) is 0 Å². The number of hydrogen-bond donors (Lipinski definition) is 1. The van der Waals surface area contributed by atoms with Crippen LogP contribution in [0.2, 0.25) is 0 Å². The molecule has 2 aliphatic rings. The summed E-state index contributed by atoms with van der Waals surface area (Å²) in [6.07, 6.45) is 9.64. The van der Waals surface area contributed by atoms with Gasteiger partial charge in [-0.25, -0.2) is 0 Å². The molecule has 2 N–H and O–H groups in total. The second-order valence-corrected chi connectivity index (χ2v) is 7.07. The van der Waals surface area contributed by atoms with Crippen LogP contribution in [0.5, 0.6) is 0 Å². The topological polar surface area (TPSA) is 29.3 Å². The molecule has 3 unspecified atom stereocenters. The molecule has 1 saturated carbocycles. The number of nitrogens with two attached hydrogens (primary N) is 1. The molecule has 0 radical (unpaired) electrons. The minimum Gasteiger partial charge on any atom is -0.327 e. The van der Waals surface area contributed by atoms with E-state index in [9.17, 15) is 0 Å². The highest BCUT2D eigenvalue weighted by Crippen LogP contribution is 2.39. The number of likely N-dealkylation sites (tertiary alicyclic amines) is 1. The molecule has 0 bridgehead atoms. The molecule has 100 valence electrons. The molecule has 2 heteroatoms. The molecule has 17 heavy (non-hydrogen) atoms. The smallest absolute Gasteiger partial charge is 0.0247 e. The van der Waals surface area contributed by atoms with Crippen molar-refractivity contribution in [3.8, 4) is 0 Å². The average Bonchev–Trinajstić information content (AvgIpc) is 2.27. The third-order valence-electron chi connectivity index (χ3n) is 4.85. The predicted octanol–water partition coefficient (Wildman–Crippen LogP) is 3.16. The number of nitrogens with zero attached hydrogens (tertiary/aromatic N) is 1. The molecule has 3 atom stereocenters. The van der Waals surface area contributed by atoms with E-state index in [0.717, 1.165) is 6.04 Å². The molecule has 2 nitrogen and oxygen atoms in total. The summed E-state index contributed by atoms with van der Waals surface area (Å²) in [5, 5.41) is 0. The first-order valence-corrected chi connectivity index (χ1v) is 7.51. The third kappa shape index (κ3) is 3.23. The SMILES string of the molecule is CC(N)C1CCCCN1C1CCCC(C)(C)C1. The van der Waals surface area contributed by atoms with E-state index in [-0.39, 0.29) is 0 Å². The van der Waals surface area contributed by atoms with Crippen LogP contribution in [0, 0.1) is 5.41 Å². The third-order valence-corrected chi connectivity index (χ3v) is 4.85. The van der Waals surface area contributed by atoms with Gasteiger partial charge in [0.25, 0.3) is 0 Å². The van der Waals surface area contributed by atoms with E-state index in [4.69, 9.17) is 5.73 Å². The Morgan fingerprint density at radius 2 is 1.94 bits per heavy atom. The quantitative estimate of drug-likeness (QED) is 0.800. The first-order valence-electron chi connectivity index (χ1n) is 7.51. The molecule has 0 aromatic heterocycles. The number of rotatable bonds is 2. The summed E-state index contributed by atoms with van der Waals surface area (Å²) >= 11 is 0. The van der Waals surface area contributed by atoms with Gasteiger partial charge >= 0.3 is 0 Å². The Bertz CT molecular complexity index is 247. The Morgan fingerprint density at radius 1 is 1.18 bits per heavy atom. The van der Waals surface area contributed by atoms with Crippen LogP contribution in [-0.2, 0) is 0 Å². The van der Waals surface area contributed by atoms with E-state index in [1.54, 1.807) is 0 Å². The van der Waals surface area contributed by atoms with Crippen LogP contribution in [0.3, 0.4) is 0 Å². The molecule has 0 spiro atoms. The number of hydrogen-bond acceptors (Lipinski definition) is 2. The Labute approximate surface area is 107 Å². The summed E-state index contributed by atoms with van der Waals surface area (Å²) in [5.74, 6) is 0. The van der Waals surface area contributed by atoms with Crippen molar-refractivity contribution in [1.82, 2.24) is 4.90 Å². The molecule has 0 amide bonds. The summed E-state index contributed by atoms with van der Waals surface area (Å²) in [6, 6.07) is 1.78. The van der Waals surface area contributed by atoms with E-state index >= 15 is 0 Å². The van der Waals surface area contributed by atoms with Gasteiger partial charge in [-0.05, 0) is 51.0 Å². The fourth-order valence-corrected chi connectivity index (χ4v) is 3.94. The maximum Gasteiger partial charge on any atom is 0.0247 e. The normalized spacial score (nSPS) is 36.7. The van der Waals surface area contributed by atoms with Crippen LogP contribution in [-0.4, -0.2) is 29.6 Å². The molecule has 2 fully saturated rings. The zero-order chi connectivity index (χ0) is 12.5. The first-order chi connectivity index (χ1) is 7.99. The van der Waals surface area contributed by atoms with Crippen molar-refractivity contribution in [3.63, 3.8) is 0 Å². The van der Waals surface area contributed by atoms with E-state index in [1.807, 2.05) is 0 Å². The lowest BCUT2D eigenvalue weighted by Gasteiger charge is -2.47. The lowest BCUT2D eigenvalue weighted by Crippen LogP contribution is -2.54. The lowest BCUT2D eigenvalue weighted by atomic mass is 9.74. The Hall–Kier alpha value is -0.0800. The highest BCUT2D eigenvalue weighted by Gasteiger charge is 2.36.